The van der Waals surface area contributed by atoms with Crippen LogP contribution >= 0.6 is 11.6 Å². The lowest BCUT2D eigenvalue weighted by Gasteiger charge is -2.11. The molecule has 15 heavy (non-hydrogen) atoms. The maximum Gasteiger partial charge on any atom is 0.220 e. The third kappa shape index (κ3) is 1.75. The van der Waals surface area contributed by atoms with Gasteiger partial charge >= 0.3 is 0 Å². The van der Waals surface area contributed by atoms with Crippen LogP contribution in [-0.2, 0) is 20.7 Å². The summed E-state index contributed by atoms with van der Waals surface area (Å²) < 4.78 is 21.8. The van der Waals surface area contributed by atoms with E-state index in [0.29, 0.717) is 24.4 Å². The SMILES string of the molecule is NS(=O)(=O)C1(c2ccc(CCl)cn2)CC1. The normalized spacial score (nSPS) is 18.8. The van der Waals surface area contributed by atoms with Gasteiger partial charge in [0.15, 0.2) is 0 Å². The van der Waals surface area contributed by atoms with Crippen LogP contribution in [0.5, 0.6) is 0 Å². The Kier molecular flexibility index (Phi) is 2.48. The molecule has 0 bridgehead atoms. The van der Waals surface area contributed by atoms with E-state index < -0.39 is 14.8 Å². The summed E-state index contributed by atoms with van der Waals surface area (Å²) >= 11 is 5.62. The van der Waals surface area contributed by atoms with Gasteiger partial charge in [-0.25, -0.2) is 13.6 Å². The number of rotatable bonds is 3. The maximum atomic E-state index is 11.4. The number of nitrogens with zero attached hydrogens (tertiary/aromatic N) is 1. The zero-order valence-corrected chi connectivity index (χ0v) is 9.55. The smallest absolute Gasteiger partial charge is 0.220 e. The molecule has 82 valence electrons. The standard InChI is InChI=1S/C9H11ClN2O2S/c10-5-7-1-2-8(12-6-7)9(3-4-9)15(11,13)14/h1-2,6H,3-5H2,(H2,11,13,14). The minimum atomic E-state index is -3.56. The molecule has 0 atom stereocenters. The van der Waals surface area contributed by atoms with Crippen LogP contribution in [0.3, 0.4) is 0 Å². The lowest BCUT2D eigenvalue weighted by molar-refractivity contribution is 0.579. The lowest BCUT2D eigenvalue weighted by Crippen LogP contribution is -2.29. The number of pyridine rings is 1. The molecule has 0 saturated heterocycles. The van der Waals surface area contributed by atoms with Crippen LogP contribution in [0.25, 0.3) is 0 Å². The molecule has 1 saturated carbocycles. The highest BCUT2D eigenvalue weighted by Crippen LogP contribution is 2.50. The molecule has 1 heterocycles. The Morgan fingerprint density at radius 2 is 2.13 bits per heavy atom. The second-order valence-corrected chi connectivity index (χ2v) is 5.86. The number of hydrogen-bond acceptors (Lipinski definition) is 3. The lowest BCUT2D eigenvalue weighted by atomic mass is 10.2. The van der Waals surface area contributed by atoms with E-state index in [9.17, 15) is 8.42 Å². The molecule has 0 amide bonds. The van der Waals surface area contributed by atoms with Gasteiger partial charge in [0.2, 0.25) is 10.0 Å². The largest absolute Gasteiger partial charge is 0.259 e. The summed E-state index contributed by atoms with van der Waals surface area (Å²) in [5.41, 5.74) is 1.39. The van der Waals surface area contributed by atoms with Gasteiger partial charge in [0.25, 0.3) is 0 Å². The summed E-state index contributed by atoms with van der Waals surface area (Å²) in [5.74, 6) is 0.371. The Morgan fingerprint density at radius 1 is 1.47 bits per heavy atom. The fraction of sp³-hybridized carbons (Fsp3) is 0.444. The number of nitrogens with two attached hydrogens (primary N) is 1. The van der Waals surface area contributed by atoms with E-state index in [0.717, 1.165) is 5.56 Å². The highest BCUT2D eigenvalue weighted by molar-refractivity contribution is 7.90. The summed E-state index contributed by atoms with van der Waals surface area (Å²) in [4.78, 5) is 4.11. The third-order valence-corrected chi connectivity index (χ3v) is 4.71. The minimum Gasteiger partial charge on any atom is -0.259 e. The van der Waals surface area contributed by atoms with Crippen molar-refractivity contribution in [1.29, 1.82) is 0 Å². The van der Waals surface area contributed by atoms with E-state index in [2.05, 4.69) is 4.98 Å². The van der Waals surface area contributed by atoms with Crippen molar-refractivity contribution in [1.82, 2.24) is 4.98 Å². The first-order chi connectivity index (χ1) is 6.99. The highest BCUT2D eigenvalue weighted by Gasteiger charge is 2.55. The van der Waals surface area contributed by atoms with E-state index in [1.54, 1.807) is 18.3 Å². The Morgan fingerprint density at radius 3 is 2.47 bits per heavy atom. The van der Waals surface area contributed by atoms with Crippen molar-refractivity contribution in [2.45, 2.75) is 23.5 Å². The zero-order valence-electron chi connectivity index (χ0n) is 7.98. The molecule has 2 N–H and O–H groups in total. The predicted molar refractivity (Wildman–Crippen MR) is 57.8 cm³/mol. The van der Waals surface area contributed by atoms with E-state index in [1.165, 1.54) is 0 Å². The highest BCUT2D eigenvalue weighted by atomic mass is 35.5. The summed E-state index contributed by atoms with van der Waals surface area (Å²) in [5, 5.41) is 5.18. The van der Waals surface area contributed by atoms with Gasteiger partial charge in [0, 0.05) is 12.1 Å². The Bertz CT molecular complexity index is 465. The first-order valence-electron chi connectivity index (χ1n) is 4.53. The molecule has 6 heteroatoms. The molecule has 1 aromatic rings. The molecule has 4 nitrogen and oxygen atoms in total. The fourth-order valence-corrected chi connectivity index (χ4v) is 2.81. The van der Waals surface area contributed by atoms with E-state index in [-0.39, 0.29) is 0 Å². The average Bonchev–Trinajstić information content (AvgIpc) is 2.98. The van der Waals surface area contributed by atoms with E-state index in [4.69, 9.17) is 16.7 Å². The number of alkyl halides is 1. The molecule has 0 unspecified atom stereocenters. The van der Waals surface area contributed by atoms with Gasteiger partial charge in [-0.15, -0.1) is 11.6 Å². The van der Waals surface area contributed by atoms with Gasteiger partial charge in [-0.05, 0) is 24.5 Å². The van der Waals surface area contributed by atoms with Crippen LogP contribution in [0, 0.1) is 0 Å². The van der Waals surface area contributed by atoms with Gasteiger partial charge in [0.05, 0.1) is 5.69 Å². The summed E-state index contributed by atoms with van der Waals surface area (Å²) in [6.45, 7) is 0. The first kappa shape index (κ1) is 10.9. The topological polar surface area (TPSA) is 73.1 Å². The molecule has 1 aromatic heterocycles. The number of sulfonamides is 1. The van der Waals surface area contributed by atoms with Gasteiger partial charge in [-0.3, -0.25) is 4.98 Å². The van der Waals surface area contributed by atoms with Gasteiger partial charge < -0.3 is 0 Å². The number of aromatic nitrogens is 1. The summed E-state index contributed by atoms with van der Waals surface area (Å²) in [6.07, 6.45) is 2.70. The molecule has 0 aliphatic heterocycles. The fourth-order valence-electron chi connectivity index (χ4n) is 1.57. The summed E-state index contributed by atoms with van der Waals surface area (Å²) in [7, 11) is -3.56. The quantitative estimate of drug-likeness (QED) is 0.812. The van der Waals surface area contributed by atoms with Gasteiger partial charge in [-0.2, -0.15) is 0 Å². The molecule has 2 rings (SSSR count). The Labute approximate surface area is 93.5 Å². The molecule has 1 aliphatic carbocycles. The van der Waals surface area contributed by atoms with Crippen LogP contribution in [0.15, 0.2) is 18.3 Å². The van der Waals surface area contributed by atoms with Crippen LogP contribution in [0.4, 0.5) is 0 Å². The second-order valence-electron chi connectivity index (χ2n) is 3.72. The second kappa shape index (κ2) is 3.43. The zero-order chi connectivity index (χ0) is 11.1. The van der Waals surface area contributed by atoms with Crippen LogP contribution in [0.2, 0.25) is 0 Å². The van der Waals surface area contributed by atoms with Crippen LogP contribution in [0.1, 0.15) is 24.1 Å². The monoisotopic (exact) mass is 246 g/mol. The third-order valence-electron chi connectivity index (χ3n) is 2.69. The van der Waals surface area contributed by atoms with Crippen molar-refractivity contribution >= 4 is 21.6 Å². The molecule has 0 aromatic carbocycles. The maximum absolute atomic E-state index is 11.4. The predicted octanol–water partition coefficient (Wildman–Crippen LogP) is 1.10. The van der Waals surface area contributed by atoms with Gasteiger partial charge in [0.1, 0.15) is 4.75 Å². The Balaban J connectivity index is 2.39. The van der Waals surface area contributed by atoms with Gasteiger partial charge in [-0.1, -0.05) is 6.07 Å². The van der Waals surface area contributed by atoms with Crippen molar-refractivity contribution in [2.24, 2.45) is 5.14 Å². The van der Waals surface area contributed by atoms with Crippen molar-refractivity contribution < 1.29 is 8.42 Å². The molecule has 0 radical (unpaired) electrons. The molecular weight excluding hydrogens is 236 g/mol. The van der Waals surface area contributed by atoms with Crippen molar-refractivity contribution in [3.63, 3.8) is 0 Å². The van der Waals surface area contributed by atoms with E-state index >= 15 is 0 Å². The first-order valence-corrected chi connectivity index (χ1v) is 6.61. The Hall–Kier alpha value is -0.650. The average molecular weight is 247 g/mol. The van der Waals surface area contributed by atoms with E-state index in [1.807, 2.05) is 0 Å². The molecular formula is C9H11ClN2O2S. The number of hydrogen-bond donors (Lipinski definition) is 1. The van der Waals surface area contributed by atoms with Crippen molar-refractivity contribution in [3.05, 3.63) is 29.6 Å². The molecule has 1 aliphatic rings. The molecule has 1 fully saturated rings. The molecule has 0 spiro atoms. The minimum absolute atomic E-state index is 0.371. The number of halogens is 1. The van der Waals surface area contributed by atoms with Crippen LogP contribution < -0.4 is 5.14 Å². The van der Waals surface area contributed by atoms with Crippen molar-refractivity contribution in [3.8, 4) is 0 Å². The van der Waals surface area contributed by atoms with Crippen LogP contribution in [-0.4, -0.2) is 13.4 Å². The summed E-state index contributed by atoms with van der Waals surface area (Å²) in [6, 6.07) is 3.47. The number of primary sulfonamides is 1. The van der Waals surface area contributed by atoms with Crippen molar-refractivity contribution in [2.75, 3.05) is 0 Å².